The second-order valence-electron chi connectivity index (χ2n) is 4.59. The van der Waals surface area contributed by atoms with Gasteiger partial charge in [-0.25, -0.2) is 0 Å². The summed E-state index contributed by atoms with van der Waals surface area (Å²) in [5.41, 5.74) is 0.341. The van der Waals surface area contributed by atoms with E-state index in [9.17, 15) is 0 Å². The molecule has 1 saturated heterocycles. The Bertz CT molecular complexity index is 135. The van der Waals surface area contributed by atoms with E-state index in [0.717, 1.165) is 5.92 Å². The zero-order chi connectivity index (χ0) is 9.19. The molecule has 0 aromatic heterocycles. The second-order valence-corrected chi connectivity index (χ2v) is 4.59. The fourth-order valence-corrected chi connectivity index (χ4v) is 1.82. The normalized spacial score (nSPS) is 26.2. The lowest BCUT2D eigenvalue weighted by atomic mass is 9.81. The highest BCUT2D eigenvalue weighted by atomic mass is 15.1. The summed E-state index contributed by atoms with van der Waals surface area (Å²) in [7, 11) is 4.35. The first-order chi connectivity index (χ1) is 5.55. The van der Waals surface area contributed by atoms with Crippen molar-refractivity contribution in [1.29, 1.82) is 0 Å². The van der Waals surface area contributed by atoms with Gasteiger partial charge in [0.05, 0.1) is 0 Å². The van der Waals surface area contributed by atoms with Crippen LogP contribution in [0.3, 0.4) is 0 Å². The van der Waals surface area contributed by atoms with E-state index in [4.69, 9.17) is 0 Å². The molecule has 0 aromatic carbocycles. The number of hydrogen-bond donors (Lipinski definition) is 1. The maximum Gasteiger partial charge on any atom is 0.0187 e. The molecule has 1 N–H and O–H groups in total. The van der Waals surface area contributed by atoms with E-state index in [1.54, 1.807) is 0 Å². The molecule has 1 aliphatic rings. The van der Waals surface area contributed by atoms with Gasteiger partial charge >= 0.3 is 0 Å². The van der Waals surface area contributed by atoms with Gasteiger partial charge in [0.25, 0.3) is 0 Å². The Morgan fingerprint density at radius 1 is 1.33 bits per heavy atom. The first-order valence-corrected chi connectivity index (χ1v) is 4.93. The van der Waals surface area contributed by atoms with Gasteiger partial charge in [-0.3, -0.25) is 0 Å². The lowest BCUT2D eigenvalue weighted by Gasteiger charge is -2.42. The highest BCUT2D eigenvalue weighted by molar-refractivity contribution is 4.88. The van der Waals surface area contributed by atoms with Gasteiger partial charge in [0.1, 0.15) is 0 Å². The molecule has 2 nitrogen and oxygen atoms in total. The van der Waals surface area contributed by atoms with Crippen LogP contribution in [0.4, 0.5) is 0 Å². The van der Waals surface area contributed by atoms with Gasteiger partial charge < -0.3 is 10.2 Å². The standard InChI is InChI=1S/C10H22N2/c1-10(2,12(3)4)9-6-5-7-11-8-9/h9,11H,5-8H2,1-4H3. The fraction of sp³-hybridized carbons (Fsp3) is 1.00. The predicted octanol–water partition coefficient (Wildman–Crippen LogP) is 1.33. The highest BCUT2D eigenvalue weighted by Crippen LogP contribution is 2.27. The van der Waals surface area contributed by atoms with E-state index in [1.807, 2.05) is 0 Å². The Kier molecular flexibility index (Phi) is 3.13. The Balaban J connectivity index is 2.53. The average molecular weight is 170 g/mol. The summed E-state index contributed by atoms with van der Waals surface area (Å²) in [5.74, 6) is 0.807. The van der Waals surface area contributed by atoms with Crippen molar-refractivity contribution in [3.05, 3.63) is 0 Å². The van der Waals surface area contributed by atoms with E-state index in [1.165, 1.54) is 25.9 Å². The van der Waals surface area contributed by atoms with Gasteiger partial charge in [-0.2, -0.15) is 0 Å². The monoisotopic (exact) mass is 170 g/mol. The molecule has 1 unspecified atom stereocenters. The van der Waals surface area contributed by atoms with Crippen molar-refractivity contribution >= 4 is 0 Å². The van der Waals surface area contributed by atoms with Crippen LogP contribution in [0.5, 0.6) is 0 Å². The molecule has 0 aliphatic carbocycles. The van der Waals surface area contributed by atoms with Crippen LogP contribution < -0.4 is 5.32 Å². The van der Waals surface area contributed by atoms with Crippen molar-refractivity contribution in [2.24, 2.45) is 5.92 Å². The summed E-state index contributed by atoms with van der Waals surface area (Å²) in [5, 5.41) is 3.47. The molecule has 2 heteroatoms. The van der Waals surface area contributed by atoms with Crippen LogP contribution in [0.2, 0.25) is 0 Å². The summed E-state index contributed by atoms with van der Waals surface area (Å²) in [4.78, 5) is 2.34. The van der Waals surface area contributed by atoms with Crippen LogP contribution >= 0.6 is 0 Å². The highest BCUT2D eigenvalue weighted by Gasteiger charge is 2.31. The molecule has 72 valence electrons. The zero-order valence-electron chi connectivity index (χ0n) is 8.85. The number of nitrogens with zero attached hydrogens (tertiary/aromatic N) is 1. The molecule has 0 radical (unpaired) electrons. The summed E-state index contributed by atoms with van der Waals surface area (Å²) in [6.45, 7) is 7.07. The van der Waals surface area contributed by atoms with Crippen LogP contribution in [-0.4, -0.2) is 37.6 Å². The first-order valence-electron chi connectivity index (χ1n) is 4.93. The summed E-state index contributed by atoms with van der Waals surface area (Å²) < 4.78 is 0. The molecule has 0 saturated carbocycles. The molecule has 0 amide bonds. The molecular formula is C10H22N2. The van der Waals surface area contributed by atoms with Gasteiger partial charge in [0, 0.05) is 5.54 Å². The van der Waals surface area contributed by atoms with Crippen LogP contribution in [-0.2, 0) is 0 Å². The third-order valence-electron chi connectivity index (χ3n) is 3.45. The molecular weight excluding hydrogens is 148 g/mol. The lowest BCUT2D eigenvalue weighted by Crippen LogP contribution is -2.50. The second kappa shape index (κ2) is 3.75. The van der Waals surface area contributed by atoms with Crippen LogP contribution in [0.25, 0.3) is 0 Å². The third-order valence-corrected chi connectivity index (χ3v) is 3.45. The smallest absolute Gasteiger partial charge is 0.0187 e. The largest absolute Gasteiger partial charge is 0.316 e. The van der Waals surface area contributed by atoms with Gasteiger partial charge in [-0.05, 0) is 59.8 Å². The molecule has 12 heavy (non-hydrogen) atoms. The van der Waals surface area contributed by atoms with Gasteiger partial charge in [0.15, 0.2) is 0 Å². The van der Waals surface area contributed by atoms with Gasteiger partial charge in [-0.15, -0.1) is 0 Å². The predicted molar refractivity (Wildman–Crippen MR) is 53.4 cm³/mol. The van der Waals surface area contributed by atoms with Gasteiger partial charge in [-0.1, -0.05) is 0 Å². The third kappa shape index (κ3) is 1.99. The van der Waals surface area contributed by atoms with E-state index in [2.05, 4.69) is 38.2 Å². The van der Waals surface area contributed by atoms with E-state index >= 15 is 0 Å². The maximum atomic E-state index is 3.47. The van der Waals surface area contributed by atoms with Crippen molar-refractivity contribution < 1.29 is 0 Å². The fourth-order valence-electron chi connectivity index (χ4n) is 1.82. The van der Waals surface area contributed by atoms with Crippen molar-refractivity contribution in [3.63, 3.8) is 0 Å². The molecule has 0 spiro atoms. The summed E-state index contributed by atoms with van der Waals surface area (Å²) >= 11 is 0. The van der Waals surface area contributed by atoms with Crippen LogP contribution in [0, 0.1) is 5.92 Å². The first kappa shape index (κ1) is 10.0. The number of hydrogen-bond acceptors (Lipinski definition) is 2. The minimum absolute atomic E-state index is 0.341. The quantitative estimate of drug-likeness (QED) is 0.672. The van der Waals surface area contributed by atoms with E-state index in [-0.39, 0.29) is 0 Å². The number of nitrogens with one attached hydrogen (secondary N) is 1. The van der Waals surface area contributed by atoms with Crippen molar-refractivity contribution in [2.45, 2.75) is 32.2 Å². The van der Waals surface area contributed by atoms with Crippen molar-refractivity contribution in [3.8, 4) is 0 Å². The van der Waals surface area contributed by atoms with E-state index in [0.29, 0.717) is 5.54 Å². The molecule has 1 rings (SSSR count). The maximum absolute atomic E-state index is 3.47. The van der Waals surface area contributed by atoms with Crippen molar-refractivity contribution in [1.82, 2.24) is 10.2 Å². The van der Waals surface area contributed by atoms with Crippen LogP contribution in [0.15, 0.2) is 0 Å². The van der Waals surface area contributed by atoms with Crippen molar-refractivity contribution in [2.75, 3.05) is 27.2 Å². The molecule has 1 aliphatic heterocycles. The molecule has 1 atom stereocenters. The van der Waals surface area contributed by atoms with Crippen LogP contribution in [0.1, 0.15) is 26.7 Å². The Morgan fingerprint density at radius 3 is 2.42 bits per heavy atom. The number of rotatable bonds is 2. The lowest BCUT2D eigenvalue weighted by molar-refractivity contribution is 0.0971. The summed E-state index contributed by atoms with van der Waals surface area (Å²) in [6, 6.07) is 0. The molecule has 0 aromatic rings. The Hall–Kier alpha value is -0.0800. The van der Waals surface area contributed by atoms with Gasteiger partial charge in [0.2, 0.25) is 0 Å². The minimum atomic E-state index is 0.341. The average Bonchev–Trinajstić information content (AvgIpc) is 2.06. The number of piperidine rings is 1. The Morgan fingerprint density at radius 2 is 2.00 bits per heavy atom. The molecule has 0 bridgehead atoms. The topological polar surface area (TPSA) is 15.3 Å². The SMILES string of the molecule is CN(C)C(C)(C)C1CCCNC1. The summed E-state index contributed by atoms with van der Waals surface area (Å²) in [6.07, 6.45) is 2.71. The molecule has 1 fully saturated rings. The zero-order valence-corrected chi connectivity index (χ0v) is 8.85. The minimum Gasteiger partial charge on any atom is -0.316 e. The molecule has 1 heterocycles. The van der Waals surface area contributed by atoms with E-state index < -0.39 is 0 Å². The Labute approximate surface area is 76.3 Å².